The van der Waals surface area contributed by atoms with E-state index in [1.165, 1.54) is 6.07 Å². The second kappa shape index (κ2) is 8.33. The van der Waals surface area contributed by atoms with Crippen molar-refractivity contribution in [2.24, 2.45) is 0 Å². The zero-order valence-electron chi connectivity index (χ0n) is 15.1. The van der Waals surface area contributed by atoms with Crippen molar-refractivity contribution < 1.29 is 18.3 Å². The SMILES string of the molecule is Cc1ccc(C(=O)NCc2ccc(CS(=O)(=O)NC(C)C)cc2)c(O)c1. The predicted octanol–water partition coefficient (Wildman–Crippen LogP) is 2.46. The minimum atomic E-state index is -3.36. The average Bonchev–Trinajstić information content (AvgIpc) is 2.52. The highest BCUT2D eigenvalue weighted by Gasteiger charge is 2.13. The smallest absolute Gasteiger partial charge is 0.255 e. The fourth-order valence-electron chi connectivity index (χ4n) is 2.48. The summed E-state index contributed by atoms with van der Waals surface area (Å²) < 4.78 is 26.4. The number of hydrogen-bond acceptors (Lipinski definition) is 4. The second-order valence-electron chi connectivity index (χ2n) is 6.55. The lowest BCUT2D eigenvalue weighted by Crippen LogP contribution is -2.31. The van der Waals surface area contributed by atoms with E-state index >= 15 is 0 Å². The maximum atomic E-state index is 12.1. The van der Waals surface area contributed by atoms with Crippen LogP contribution in [0, 0.1) is 6.92 Å². The van der Waals surface area contributed by atoms with E-state index in [0.717, 1.165) is 11.1 Å². The number of carbonyl (C=O) groups excluding carboxylic acids is 1. The molecule has 1 amide bonds. The number of nitrogens with one attached hydrogen (secondary N) is 2. The van der Waals surface area contributed by atoms with Crippen LogP contribution in [0.15, 0.2) is 42.5 Å². The van der Waals surface area contributed by atoms with Gasteiger partial charge in [-0.3, -0.25) is 4.79 Å². The van der Waals surface area contributed by atoms with E-state index in [2.05, 4.69) is 10.0 Å². The van der Waals surface area contributed by atoms with Crippen molar-refractivity contribution in [3.05, 3.63) is 64.7 Å². The summed E-state index contributed by atoms with van der Waals surface area (Å²) in [6, 6.07) is 11.7. The molecule has 0 atom stereocenters. The maximum absolute atomic E-state index is 12.1. The predicted molar refractivity (Wildman–Crippen MR) is 101 cm³/mol. The molecule has 0 aliphatic rings. The molecule has 2 aromatic rings. The number of aromatic hydroxyl groups is 1. The third kappa shape index (κ3) is 5.86. The Labute approximate surface area is 154 Å². The van der Waals surface area contributed by atoms with Crippen LogP contribution in [0.3, 0.4) is 0 Å². The largest absolute Gasteiger partial charge is 0.507 e. The summed E-state index contributed by atoms with van der Waals surface area (Å²) in [5.74, 6) is -0.509. The van der Waals surface area contributed by atoms with Gasteiger partial charge in [0.1, 0.15) is 5.75 Å². The highest BCUT2D eigenvalue weighted by atomic mass is 32.2. The van der Waals surface area contributed by atoms with Gasteiger partial charge < -0.3 is 10.4 Å². The Morgan fingerprint density at radius 1 is 1.08 bits per heavy atom. The van der Waals surface area contributed by atoms with E-state index in [1.54, 1.807) is 50.2 Å². The molecule has 7 heteroatoms. The standard InChI is InChI=1S/C19H24N2O4S/c1-13(2)21-26(24,25)12-16-7-5-15(6-8-16)11-20-19(23)17-9-4-14(3)10-18(17)22/h4-10,13,21-22H,11-12H2,1-3H3,(H,20,23). The minimum absolute atomic E-state index is 0.0549. The molecule has 0 radical (unpaired) electrons. The van der Waals surface area contributed by atoms with E-state index in [4.69, 9.17) is 0 Å². The van der Waals surface area contributed by atoms with Crippen LogP contribution in [-0.2, 0) is 22.3 Å². The number of rotatable bonds is 7. The number of carbonyl (C=O) groups is 1. The van der Waals surface area contributed by atoms with Crippen molar-refractivity contribution >= 4 is 15.9 Å². The van der Waals surface area contributed by atoms with Crippen molar-refractivity contribution in [3.63, 3.8) is 0 Å². The Morgan fingerprint density at radius 2 is 1.69 bits per heavy atom. The summed E-state index contributed by atoms with van der Waals surface area (Å²) in [7, 11) is -3.36. The van der Waals surface area contributed by atoms with Gasteiger partial charge in [0.15, 0.2) is 0 Å². The topological polar surface area (TPSA) is 95.5 Å². The quantitative estimate of drug-likeness (QED) is 0.692. The highest BCUT2D eigenvalue weighted by Crippen LogP contribution is 2.18. The Morgan fingerprint density at radius 3 is 2.27 bits per heavy atom. The van der Waals surface area contributed by atoms with Crippen molar-refractivity contribution in [2.45, 2.75) is 39.1 Å². The Kier molecular flexibility index (Phi) is 6.39. The first-order valence-electron chi connectivity index (χ1n) is 8.32. The van der Waals surface area contributed by atoms with Gasteiger partial charge in [0, 0.05) is 12.6 Å². The molecular weight excluding hydrogens is 352 g/mol. The van der Waals surface area contributed by atoms with Gasteiger partial charge in [0.2, 0.25) is 10.0 Å². The number of phenolic OH excluding ortho intramolecular Hbond substituents is 1. The van der Waals surface area contributed by atoms with Crippen molar-refractivity contribution in [1.29, 1.82) is 0 Å². The van der Waals surface area contributed by atoms with Crippen LogP contribution in [0.1, 0.15) is 40.9 Å². The number of sulfonamides is 1. The van der Waals surface area contributed by atoms with Gasteiger partial charge in [0.25, 0.3) is 5.91 Å². The van der Waals surface area contributed by atoms with E-state index in [1.807, 2.05) is 6.92 Å². The lowest BCUT2D eigenvalue weighted by Gasteiger charge is -2.10. The molecular formula is C19H24N2O4S. The molecule has 0 aliphatic heterocycles. The van der Waals surface area contributed by atoms with Crippen molar-refractivity contribution in [1.82, 2.24) is 10.0 Å². The van der Waals surface area contributed by atoms with Gasteiger partial charge in [-0.1, -0.05) is 30.3 Å². The molecule has 0 unspecified atom stereocenters. The lowest BCUT2D eigenvalue weighted by atomic mass is 10.1. The fraction of sp³-hybridized carbons (Fsp3) is 0.316. The highest BCUT2D eigenvalue weighted by molar-refractivity contribution is 7.88. The van der Waals surface area contributed by atoms with E-state index < -0.39 is 10.0 Å². The van der Waals surface area contributed by atoms with Crippen molar-refractivity contribution in [3.8, 4) is 5.75 Å². The van der Waals surface area contributed by atoms with E-state index in [9.17, 15) is 18.3 Å². The third-order valence-corrected chi connectivity index (χ3v) is 5.19. The summed E-state index contributed by atoms with van der Waals surface area (Å²) in [6.45, 7) is 5.66. The number of phenols is 1. The normalized spacial score (nSPS) is 11.5. The van der Waals surface area contributed by atoms with E-state index in [0.29, 0.717) is 5.56 Å². The molecule has 0 spiro atoms. The first kappa shape index (κ1) is 19.9. The van der Waals surface area contributed by atoms with Gasteiger partial charge in [-0.05, 0) is 49.6 Å². The van der Waals surface area contributed by atoms with E-state index in [-0.39, 0.29) is 35.6 Å². The Hall–Kier alpha value is -2.38. The Bertz CT molecular complexity index is 875. The molecule has 0 heterocycles. The van der Waals surface area contributed by atoms with Crippen LogP contribution in [0.2, 0.25) is 0 Å². The molecule has 2 rings (SSSR count). The van der Waals surface area contributed by atoms with Gasteiger partial charge in [-0.15, -0.1) is 0 Å². The van der Waals surface area contributed by atoms with Gasteiger partial charge >= 0.3 is 0 Å². The average molecular weight is 376 g/mol. The monoisotopic (exact) mass is 376 g/mol. The molecule has 140 valence electrons. The van der Waals surface area contributed by atoms with Crippen LogP contribution in [0.5, 0.6) is 5.75 Å². The number of hydrogen-bond donors (Lipinski definition) is 3. The van der Waals surface area contributed by atoms with Gasteiger partial charge in [-0.2, -0.15) is 0 Å². The lowest BCUT2D eigenvalue weighted by molar-refractivity contribution is 0.0948. The third-order valence-electron chi connectivity index (χ3n) is 3.65. The summed E-state index contributed by atoms with van der Waals surface area (Å²) in [6.07, 6.45) is 0. The fourth-order valence-corrected chi connectivity index (χ4v) is 3.92. The van der Waals surface area contributed by atoms with Crippen LogP contribution in [0.25, 0.3) is 0 Å². The molecule has 0 fully saturated rings. The van der Waals surface area contributed by atoms with Crippen molar-refractivity contribution in [2.75, 3.05) is 0 Å². The number of benzene rings is 2. The van der Waals surface area contributed by atoms with Crippen LogP contribution in [-0.4, -0.2) is 25.5 Å². The zero-order valence-corrected chi connectivity index (χ0v) is 15.9. The van der Waals surface area contributed by atoms with Gasteiger partial charge in [0.05, 0.1) is 11.3 Å². The van der Waals surface area contributed by atoms with Gasteiger partial charge in [-0.25, -0.2) is 13.1 Å². The van der Waals surface area contributed by atoms with Crippen LogP contribution in [0.4, 0.5) is 0 Å². The van der Waals surface area contributed by atoms with Crippen LogP contribution >= 0.6 is 0 Å². The molecule has 0 bridgehead atoms. The van der Waals surface area contributed by atoms with Crippen LogP contribution < -0.4 is 10.0 Å². The Balaban J connectivity index is 1.96. The molecule has 2 aromatic carbocycles. The molecule has 0 saturated carbocycles. The first-order chi connectivity index (χ1) is 12.2. The minimum Gasteiger partial charge on any atom is -0.507 e. The first-order valence-corrected chi connectivity index (χ1v) is 9.97. The second-order valence-corrected chi connectivity index (χ2v) is 8.31. The number of amides is 1. The summed E-state index contributed by atoms with van der Waals surface area (Å²) in [4.78, 5) is 12.1. The number of aryl methyl sites for hydroxylation is 1. The summed E-state index contributed by atoms with van der Waals surface area (Å²) in [5.41, 5.74) is 2.60. The molecule has 26 heavy (non-hydrogen) atoms. The molecule has 6 nitrogen and oxygen atoms in total. The molecule has 3 N–H and O–H groups in total. The maximum Gasteiger partial charge on any atom is 0.255 e. The molecule has 0 saturated heterocycles. The molecule has 0 aliphatic carbocycles. The molecule has 0 aromatic heterocycles. The summed E-state index contributed by atoms with van der Waals surface area (Å²) in [5, 5.41) is 12.6. The summed E-state index contributed by atoms with van der Waals surface area (Å²) >= 11 is 0. The zero-order chi connectivity index (χ0) is 19.3.